The first kappa shape index (κ1) is 26.1. The summed E-state index contributed by atoms with van der Waals surface area (Å²) in [7, 11) is 2.16. The summed E-state index contributed by atoms with van der Waals surface area (Å²) in [6.45, 7) is 5.84. The van der Waals surface area contributed by atoms with Crippen LogP contribution in [0.2, 0.25) is 5.02 Å². The molecule has 0 spiro atoms. The van der Waals surface area contributed by atoms with Crippen LogP contribution < -0.4 is 19.9 Å². The van der Waals surface area contributed by atoms with E-state index in [1.807, 2.05) is 12.1 Å². The molecular weight excluding hydrogens is 510 g/mol. The Bertz CT molecular complexity index is 1370. The Morgan fingerprint density at radius 3 is 2.74 bits per heavy atom. The topological polar surface area (TPSA) is 80.5 Å². The number of fused-ring (bicyclic) bond motifs is 2. The molecule has 0 aliphatic carbocycles. The zero-order valence-electron chi connectivity index (χ0n) is 22.6. The molecule has 3 aromatic rings. The van der Waals surface area contributed by atoms with Crippen molar-refractivity contribution in [2.75, 3.05) is 62.7 Å². The molecular formula is C30H36ClN7O. The molecule has 2 atom stereocenters. The number of hydrogen-bond donors (Lipinski definition) is 1. The summed E-state index contributed by atoms with van der Waals surface area (Å²) in [6.07, 6.45) is 4.47. The van der Waals surface area contributed by atoms with Crippen LogP contribution in [0.15, 0.2) is 36.4 Å². The Morgan fingerprint density at radius 2 is 1.92 bits per heavy atom. The predicted octanol–water partition coefficient (Wildman–Crippen LogP) is 4.05. The van der Waals surface area contributed by atoms with E-state index >= 15 is 0 Å². The van der Waals surface area contributed by atoms with Crippen LogP contribution in [0.3, 0.4) is 0 Å². The minimum atomic E-state index is 0.131. The van der Waals surface area contributed by atoms with Crippen LogP contribution in [0, 0.1) is 11.3 Å². The number of piperazine rings is 1. The third-order valence-electron chi connectivity index (χ3n) is 8.44. The van der Waals surface area contributed by atoms with Crippen LogP contribution in [0.5, 0.6) is 6.01 Å². The van der Waals surface area contributed by atoms with E-state index in [9.17, 15) is 5.26 Å². The molecule has 6 rings (SSSR count). The van der Waals surface area contributed by atoms with E-state index < -0.39 is 0 Å². The Hall–Kier alpha value is -3.12. The molecule has 3 aliphatic rings. The number of hydrogen-bond acceptors (Lipinski definition) is 8. The van der Waals surface area contributed by atoms with Gasteiger partial charge in [0.05, 0.1) is 23.2 Å². The number of ether oxygens (including phenoxy) is 1. The van der Waals surface area contributed by atoms with Gasteiger partial charge >= 0.3 is 6.01 Å². The molecule has 2 saturated heterocycles. The largest absolute Gasteiger partial charge is 0.462 e. The highest BCUT2D eigenvalue weighted by Crippen LogP contribution is 2.35. The normalized spacial score (nSPS) is 22.0. The molecule has 0 amide bonds. The second-order valence-corrected chi connectivity index (χ2v) is 11.3. The van der Waals surface area contributed by atoms with Crippen LogP contribution in [0.4, 0.5) is 11.5 Å². The molecule has 8 nitrogen and oxygen atoms in total. The summed E-state index contributed by atoms with van der Waals surface area (Å²) in [6, 6.07) is 15.8. The van der Waals surface area contributed by atoms with Crippen LogP contribution in [-0.4, -0.2) is 79.9 Å². The summed E-state index contributed by atoms with van der Waals surface area (Å²) in [5.41, 5.74) is 3.43. The van der Waals surface area contributed by atoms with Crippen molar-refractivity contribution >= 4 is 33.9 Å². The van der Waals surface area contributed by atoms with Gasteiger partial charge in [-0.3, -0.25) is 0 Å². The number of likely N-dealkylation sites (N-methyl/N-ethyl adjacent to an activating group) is 1. The average Bonchev–Trinajstić information content (AvgIpc) is 3.24. The first-order chi connectivity index (χ1) is 19.1. The maximum Gasteiger partial charge on any atom is 0.318 e. The van der Waals surface area contributed by atoms with E-state index in [-0.39, 0.29) is 6.04 Å². The fourth-order valence-electron chi connectivity index (χ4n) is 6.29. The second kappa shape index (κ2) is 11.5. The van der Waals surface area contributed by atoms with Crippen molar-refractivity contribution in [2.24, 2.45) is 0 Å². The number of aromatic nitrogens is 2. The molecule has 0 bridgehead atoms. The van der Waals surface area contributed by atoms with Gasteiger partial charge in [0, 0.05) is 67.9 Å². The lowest BCUT2D eigenvalue weighted by Gasteiger charge is -2.35. The third-order valence-corrected chi connectivity index (χ3v) is 8.76. The van der Waals surface area contributed by atoms with Gasteiger partial charge in [-0.25, -0.2) is 0 Å². The molecule has 39 heavy (non-hydrogen) atoms. The minimum Gasteiger partial charge on any atom is -0.462 e. The van der Waals surface area contributed by atoms with Gasteiger partial charge in [0.1, 0.15) is 12.4 Å². The van der Waals surface area contributed by atoms with Gasteiger partial charge in [0.15, 0.2) is 0 Å². The standard InChI is InChI=1S/C30H36ClN7O/c1-36-15-4-7-23(36)20-39-30-34-26-12-17-37(27-9-3-6-21-5-2-8-25(31)28(21)27)16-11-24(26)29(35-30)38-18-14-33-22(19-38)10-13-32/h2-3,5-6,8-9,22-23,33H,4,7,10-12,14-20H2,1H3/t22?,23-/m0/s1. The molecule has 3 aliphatic heterocycles. The number of anilines is 2. The number of nitriles is 1. The van der Waals surface area contributed by atoms with Gasteiger partial charge in [-0.1, -0.05) is 35.9 Å². The summed E-state index contributed by atoms with van der Waals surface area (Å²) < 4.78 is 6.27. The van der Waals surface area contributed by atoms with E-state index in [0.717, 1.165) is 91.5 Å². The Kier molecular flexibility index (Phi) is 7.73. The van der Waals surface area contributed by atoms with Crippen LogP contribution in [-0.2, 0) is 12.8 Å². The zero-order valence-corrected chi connectivity index (χ0v) is 23.3. The second-order valence-electron chi connectivity index (χ2n) is 10.9. The van der Waals surface area contributed by atoms with Crippen molar-refractivity contribution in [1.29, 1.82) is 5.26 Å². The summed E-state index contributed by atoms with van der Waals surface area (Å²) in [5.74, 6) is 0.969. The average molecular weight is 546 g/mol. The SMILES string of the molecule is CN1CCC[C@H]1COc1nc2c(c(N3CCNC(CC#N)C3)n1)CCN(c1cccc3cccc(Cl)c13)CC2. The molecule has 4 heterocycles. The number of nitrogens with zero attached hydrogens (tertiary/aromatic N) is 6. The quantitative estimate of drug-likeness (QED) is 0.497. The molecule has 0 saturated carbocycles. The van der Waals surface area contributed by atoms with Gasteiger partial charge < -0.3 is 24.8 Å². The number of benzene rings is 2. The van der Waals surface area contributed by atoms with Crippen molar-refractivity contribution in [2.45, 2.75) is 44.2 Å². The van der Waals surface area contributed by atoms with Crippen LogP contribution >= 0.6 is 11.6 Å². The van der Waals surface area contributed by atoms with Crippen molar-refractivity contribution < 1.29 is 4.74 Å². The summed E-state index contributed by atoms with van der Waals surface area (Å²) >= 11 is 6.69. The highest BCUT2D eigenvalue weighted by Gasteiger charge is 2.28. The van der Waals surface area contributed by atoms with E-state index in [0.29, 0.717) is 25.1 Å². The zero-order chi connectivity index (χ0) is 26.8. The number of halogens is 1. The Morgan fingerprint density at radius 1 is 1.08 bits per heavy atom. The molecule has 1 N–H and O–H groups in total. The van der Waals surface area contributed by atoms with E-state index in [1.165, 1.54) is 12.0 Å². The van der Waals surface area contributed by atoms with Crippen molar-refractivity contribution in [3.8, 4) is 12.1 Å². The summed E-state index contributed by atoms with van der Waals surface area (Å²) in [5, 5.41) is 15.8. The fraction of sp³-hybridized carbons (Fsp3) is 0.500. The van der Waals surface area contributed by atoms with Gasteiger partial charge in [-0.15, -0.1) is 0 Å². The maximum atomic E-state index is 9.30. The van der Waals surface area contributed by atoms with Crippen LogP contribution in [0.1, 0.15) is 30.5 Å². The molecule has 9 heteroatoms. The molecule has 1 aromatic heterocycles. The first-order valence-corrected chi connectivity index (χ1v) is 14.5. The number of likely N-dealkylation sites (tertiary alicyclic amines) is 1. The smallest absolute Gasteiger partial charge is 0.318 e. The van der Waals surface area contributed by atoms with E-state index in [2.05, 4.69) is 57.4 Å². The van der Waals surface area contributed by atoms with Crippen molar-refractivity contribution in [3.05, 3.63) is 52.7 Å². The Balaban J connectivity index is 1.31. The van der Waals surface area contributed by atoms with Gasteiger partial charge in [0.2, 0.25) is 0 Å². The van der Waals surface area contributed by atoms with E-state index in [1.54, 1.807) is 0 Å². The molecule has 0 radical (unpaired) electrons. The predicted molar refractivity (Wildman–Crippen MR) is 156 cm³/mol. The van der Waals surface area contributed by atoms with Crippen molar-refractivity contribution in [1.82, 2.24) is 20.2 Å². The lowest BCUT2D eigenvalue weighted by Crippen LogP contribution is -2.51. The first-order valence-electron chi connectivity index (χ1n) is 14.1. The number of rotatable bonds is 6. The third kappa shape index (κ3) is 5.49. The molecule has 2 fully saturated rings. The highest BCUT2D eigenvalue weighted by molar-refractivity contribution is 6.36. The van der Waals surface area contributed by atoms with Crippen LogP contribution in [0.25, 0.3) is 10.8 Å². The lowest BCUT2D eigenvalue weighted by atomic mass is 10.1. The van der Waals surface area contributed by atoms with Gasteiger partial charge in [-0.05, 0) is 50.4 Å². The maximum absolute atomic E-state index is 9.30. The number of nitrogens with one attached hydrogen (secondary N) is 1. The summed E-state index contributed by atoms with van der Waals surface area (Å²) in [4.78, 5) is 17.1. The van der Waals surface area contributed by atoms with Gasteiger partial charge in [0.25, 0.3) is 0 Å². The molecule has 2 aromatic carbocycles. The monoisotopic (exact) mass is 545 g/mol. The van der Waals surface area contributed by atoms with E-state index in [4.69, 9.17) is 26.3 Å². The molecule has 1 unspecified atom stereocenters. The highest BCUT2D eigenvalue weighted by atomic mass is 35.5. The van der Waals surface area contributed by atoms with Gasteiger partial charge in [-0.2, -0.15) is 15.2 Å². The lowest BCUT2D eigenvalue weighted by molar-refractivity contribution is 0.187. The molecule has 204 valence electrons. The van der Waals surface area contributed by atoms with Crippen molar-refractivity contribution in [3.63, 3.8) is 0 Å². The Labute approximate surface area is 235 Å². The minimum absolute atomic E-state index is 0.131. The fourth-order valence-corrected chi connectivity index (χ4v) is 6.57.